The molecule has 1 heteroatoms. The molecule has 0 N–H and O–H groups in total. The van der Waals surface area contributed by atoms with Gasteiger partial charge in [-0.1, -0.05) is 159 Å². The van der Waals surface area contributed by atoms with Crippen LogP contribution in [-0.2, 0) is 5.41 Å². The molecule has 1 aliphatic carbocycles. The largest absolute Gasteiger partial charge is 0.309 e. The van der Waals surface area contributed by atoms with Gasteiger partial charge in [-0.3, -0.25) is 0 Å². The average molecular weight is 678 g/mol. The normalized spacial score (nSPS) is 13.0. The number of aryl methyl sites for hydroxylation is 1. The Morgan fingerprint density at radius 1 is 0.396 bits per heavy atom. The molecule has 1 aliphatic rings. The number of benzene rings is 9. The second-order valence-electron chi connectivity index (χ2n) is 15.1. The van der Waals surface area contributed by atoms with Gasteiger partial charge < -0.3 is 4.90 Å². The van der Waals surface area contributed by atoms with Crippen LogP contribution < -0.4 is 4.90 Å². The molecule has 10 rings (SSSR count). The summed E-state index contributed by atoms with van der Waals surface area (Å²) >= 11 is 0. The Balaban J connectivity index is 1.27. The van der Waals surface area contributed by atoms with Gasteiger partial charge >= 0.3 is 0 Å². The van der Waals surface area contributed by atoms with E-state index in [1.807, 2.05) is 0 Å². The zero-order valence-corrected chi connectivity index (χ0v) is 30.3. The van der Waals surface area contributed by atoms with Crippen LogP contribution >= 0.6 is 0 Å². The second-order valence-corrected chi connectivity index (χ2v) is 15.1. The highest BCUT2D eigenvalue weighted by molar-refractivity contribution is 6.08. The molecule has 0 spiro atoms. The number of hydrogen-bond acceptors (Lipinski definition) is 1. The van der Waals surface area contributed by atoms with Gasteiger partial charge in [0.1, 0.15) is 0 Å². The number of fused-ring (bicyclic) bond motifs is 6. The first-order chi connectivity index (χ1) is 25.9. The van der Waals surface area contributed by atoms with Gasteiger partial charge in [0.2, 0.25) is 0 Å². The first-order valence-corrected chi connectivity index (χ1v) is 18.6. The second kappa shape index (κ2) is 12.1. The van der Waals surface area contributed by atoms with Crippen molar-refractivity contribution in [1.82, 2.24) is 0 Å². The summed E-state index contributed by atoms with van der Waals surface area (Å²) < 4.78 is 0. The van der Waals surface area contributed by atoms with Crippen LogP contribution in [0.15, 0.2) is 182 Å². The molecule has 0 saturated carbocycles. The third-order valence-corrected chi connectivity index (χ3v) is 11.5. The van der Waals surface area contributed by atoms with Crippen LogP contribution in [0.5, 0.6) is 0 Å². The van der Waals surface area contributed by atoms with Gasteiger partial charge in [-0.25, -0.2) is 0 Å². The number of rotatable bonds is 5. The van der Waals surface area contributed by atoms with Crippen molar-refractivity contribution in [3.63, 3.8) is 0 Å². The van der Waals surface area contributed by atoms with Crippen LogP contribution in [0.25, 0.3) is 65.7 Å². The van der Waals surface area contributed by atoms with E-state index in [0.717, 1.165) is 11.4 Å². The van der Waals surface area contributed by atoms with E-state index in [-0.39, 0.29) is 5.41 Å². The molecule has 53 heavy (non-hydrogen) atoms. The fraction of sp³-hybridized carbons (Fsp3) is 0.0769. The Kier molecular flexibility index (Phi) is 7.13. The molecular formula is C52H39N. The maximum atomic E-state index is 2.52. The van der Waals surface area contributed by atoms with E-state index in [9.17, 15) is 0 Å². The number of hydrogen-bond donors (Lipinski definition) is 0. The Morgan fingerprint density at radius 2 is 0.962 bits per heavy atom. The molecule has 252 valence electrons. The quantitative estimate of drug-likeness (QED) is 0.175. The van der Waals surface area contributed by atoms with Gasteiger partial charge in [-0.05, 0) is 115 Å². The zero-order chi connectivity index (χ0) is 35.7. The molecule has 0 unspecified atom stereocenters. The molecule has 0 atom stereocenters. The predicted molar refractivity (Wildman–Crippen MR) is 227 cm³/mol. The van der Waals surface area contributed by atoms with Crippen molar-refractivity contribution in [2.45, 2.75) is 26.2 Å². The van der Waals surface area contributed by atoms with Crippen molar-refractivity contribution in [3.05, 3.63) is 199 Å². The number of anilines is 3. The van der Waals surface area contributed by atoms with Crippen molar-refractivity contribution < 1.29 is 0 Å². The molecule has 0 heterocycles. The molecule has 1 nitrogen and oxygen atoms in total. The van der Waals surface area contributed by atoms with E-state index >= 15 is 0 Å². The zero-order valence-electron chi connectivity index (χ0n) is 30.3. The van der Waals surface area contributed by atoms with E-state index < -0.39 is 0 Å². The standard InChI is InChI=1S/C52H39N/c1-34-19-21-36(22-20-34)37-25-28-43(29-26-37)53(48-18-10-17-46-51(48)45-32-40-14-6-7-15-41(40)33-47(45)52(46,2)3)49-30-27-38-12-8-9-16-44(38)50(49)42-24-23-35-11-4-5-13-39(35)31-42/h4-33H,1-3H3. The molecule has 0 radical (unpaired) electrons. The minimum Gasteiger partial charge on any atom is -0.309 e. The van der Waals surface area contributed by atoms with Crippen LogP contribution in [-0.4, -0.2) is 0 Å². The van der Waals surface area contributed by atoms with Gasteiger partial charge in [0.15, 0.2) is 0 Å². The summed E-state index contributed by atoms with van der Waals surface area (Å²) in [6.45, 7) is 6.91. The fourth-order valence-electron chi connectivity index (χ4n) is 8.69. The van der Waals surface area contributed by atoms with Crippen molar-refractivity contribution >= 4 is 49.4 Å². The fourth-order valence-corrected chi connectivity index (χ4v) is 8.69. The lowest BCUT2D eigenvalue weighted by molar-refractivity contribution is 0.661. The molecule has 9 aromatic rings. The monoisotopic (exact) mass is 677 g/mol. The minimum atomic E-state index is -0.157. The third-order valence-electron chi connectivity index (χ3n) is 11.5. The van der Waals surface area contributed by atoms with E-state index in [0.29, 0.717) is 0 Å². The number of nitrogens with zero attached hydrogens (tertiary/aromatic N) is 1. The van der Waals surface area contributed by atoms with Crippen molar-refractivity contribution in [2.75, 3.05) is 4.90 Å². The summed E-state index contributed by atoms with van der Waals surface area (Å²) in [5.74, 6) is 0. The first kappa shape index (κ1) is 31.3. The summed E-state index contributed by atoms with van der Waals surface area (Å²) in [6, 6.07) is 67.5. The van der Waals surface area contributed by atoms with Crippen LogP contribution in [0.1, 0.15) is 30.5 Å². The lowest BCUT2D eigenvalue weighted by Gasteiger charge is -2.31. The van der Waals surface area contributed by atoms with Gasteiger partial charge in [0.05, 0.1) is 11.4 Å². The lowest BCUT2D eigenvalue weighted by atomic mass is 9.82. The Morgan fingerprint density at radius 3 is 1.70 bits per heavy atom. The van der Waals surface area contributed by atoms with Gasteiger partial charge in [-0.15, -0.1) is 0 Å². The van der Waals surface area contributed by atoms with Crippen molar-refractivity contribution in [1.29, 1.82) is 0 Å². The van der Waals surface area contributed by atoms with Gasteiger partial charge in [-0.2, -0.15) is 0 Å². The van der Waals surface area contributed by atoms with Gasteiger partial charge in [0.25, 0.3) is 0 Å². The molecule has 0 fully saturated rings. The van der Waals surface area contributed by atoms with E-state index in [4.69, 9.17) is 0 Å². The summed E-state index contributed by atoms with van der Waals surface area (Å²) in [4.78, 5) is 2.52. The molecular weight excluding hydrogens is 639 g/mol. The van der Waals surface area contributed by atoms with E-state index in [2.05, 4.69) is 208 Å². The molecule has 0 aromatic heterocycles. The predicted octanol–water partition coefficient (Wildman–Crippen LogP) is 14.6. The Bertz CT molecular complexity index is 2860. The van der Waals surface area contributed by atoms with Gasteiger partial charge in [0, 0.05) is 22.2 Å². The SMILES string of the molecule is Cc1ccc(-c2ccc(N(c3cccc4c3-c3cc5ccccc5cc3C4(C)C)c3ccc4ccccc4c3-c3ccc4ccccc4c3)cc2)cc1. The Labute approximate surface area is 311 Å². The highest BCUT2D eigenvalue weighted by Crippen LogP contribution is 2.56. The van der Waals surface area contributed by atoms with E-state index in [1.165, 1.54) is 88.1 Å². The molecule has 0 bridgehead atoms. The highest BCUT2D eigenvalue weighted by Gasteiger charge is 2.38. The summed E-state index contributed by atoms with van der Waals surface area (Å²) in [6.07, 6.45) is 0. The Hall–Kier alpha value is -6.44. The minimum absolute atomic E-state index is 0.157. The summed E-state index contributed by atoms with van der Waals surface area (Å²) in [7, 11) is 0. The van der Waals surface area contributed by atoms with Crippen molar-refractivity contribution in [2.24, 2.45) is 0 Å². The lowest BCUT2D eigenvalue weighted by Crippen LogP contribution is -2.16. The maximum Gasteiger partial charge on any atom is 0.0546 e. The van der Waals surface area contributed by atoms with Crippen LogP contribution in [0.2, 0.25) is 0 Å². The highest BCUT2D eigenvalue weighted by atomic mass is 15.1. The molecule has 0 saturated heterocycles. The third kappa shape index (κ3) is 5.07. The van der Waals surface area contributed by atoms with E-state index in [1.54, 1.807) is 0 Å². The summed E-state index contributed by atoms with van der Waals surface area (Å²) in [5.41, 5.74) is 14.8. The van der Waals surface area contributed by atoms with Crippen molar-refractivity contribution in [3.8, 4) is 33.4 Å². The smallest absolute Gasteiger partial charge is 0.0546 e. The van der Waals surface area contributed by atoms with Crippen LogP contribution in [0, 0.1) is 6.92 Å². The van der Waals surface area contributed by atoms with Crippen LogP contribution in [0.4, 0.5) is 17.1 Å². The van der Waals surface area contributed by atoms with Crippen LogP contribution in [0.3, 0.4) is 0 Å². The molecule has 0 aliphatic heterocycles. The maximum absolute atomic E-state index is 2.52. The molecule has 9 aromatic carbocycles. The summed E-state index contributed by atoms with van der Waals surface area (Å²) in [5, 5.41) is 7.49. The molecule has 0 amide bonds. The average Bonchev–Trinajstić information content (AvgIpc) is 3.42. The first-order valence-electron chi connectivity index (χ1n) is 18.6. The topological polar surface area (TPSA) is 3.24 Å².